The lowest BCUT2D eigenvalue weighted by molar-refractivity contribution is -0.122. The Bertz CT molecular complexity index is 779. The molecule has 1 heterocycles. The number of carbonyl (C=O) groups excluding carboxylic acids is 1. The van der Waals surface area contributed by atoms with Gasteiger partial charge in [-0.25, -0.2) is 4.98 Å². The van der Waals surface area contributed by atoms with Crippen molar-refractivity contribution in [3.63, 3.8) is 0 Å². The highest BCUT2D eigenvalue weighted by Gasteiger charge is 2.33. The fraction of sp³-hybridized carbons (Fsp3) is 0.421. The van der Waals surface area contributed by atoms with E-state index in [-0.39, 0.29) is 17.5 Å². The normalized spacial score (nSPS) is 15.1. The Labute approximate surface area is 141 Å². The van der Waals surface area contributed by atoms with Crippen LogP contribution in [0.2, 0.25) is 0 Å². The molecule has 1 atom stereocenters. The van der Waals surface area contributed by atoms with Crippen LogP contribution in [0.4, 0.5) is 0 Å². The van der Waals surface area contributed by atoms with Gasteiger partial charge in [0.1, 0.15) is 5.82 Å². The Morgan fingerprint density at radius 3 is 2.62 bits per heavy atom. The Kier molecular flexibility index (Phi) is 4.79. The summed E-state index contributed by atoms with van der Waals surface area (Å²) in [7, 11) is 0. The maximum Gasteiger partial charge on any atom is 0.254 e. The molecule has 5 nitrogen and oxygen atoms in total. The predicted octanol–water partition coefficient (Wildman–Crippen LogP) is 2.59. The largest absolute Gasteiger partial charge is 0.349 e. The summed E-state index contributed by atoms with van der Waals surface area (Å²) in [6.07, 6.45) is 3.01. The minimum absolute atomic E-state index is 0.0184. The maximum absolute atomic E-state index is 12.4. The molecule has 1 aromatic heterocycles. The van der Waals surface area contributed by atoms with Crippen molar-refractivity contribution in [1.29, 1.82) is 0 Å². The van der Waals surface area contributed by atoms with Gasteiger partial charge >= 0.3 is 0 Å². The summed E-state index contributed by atoms with van der Waals surface area (Å²) >= 11 is 0. The molecular weight excluding hydrogens is 302 g/mol. The van der Waals surface area contributed by atoms with Crippen LogP contribution in [0, 0.1) is 19.8 Å². The minimum atomic E-state index is -0.144. The zero-order valence-corrected chi connectivity index (χ0v) is 14.1. The number of rotatable bonds is 6. The first-order valence-corrected chi connectivity index (χ1v) is 8.45. The van der Waals surface area contributed by atoms with Crippen LogP contribution < -0.4 is 10.9 Å². The zero-order chi connectivity index (χ0) is 17.1. The molecule has 1 aliphatic carbocycles. The van der Waals surface area contributed by atoms with Gasteiger partial charge in [0, 0.05) is 17.7 Å². The highest BCUT2D eigenvalue weighted by Crippen LogP contribution is 2.40. The molecule has 1 aromatic carbocycles. The lowest BCUT2D eigenvalue weighted by Crippen LogP contribution is -2.30. The van der Waals surface area contributed by atoms with E-state index in [0.29, 0.717) is 35.8 Å². The smallest absolute Gasteiger partial charge is 0.254 e. The number of carbonyl (C=O) groups is 1. The lowest BCUT2D eigenvalue weighted by Gasteiger charge is -2.19. The standard InChI is InChI=1S/C19H23N3O2/c1-12-16(19(24)21-13(2)20-12)10-11-17(23)22-18(15-8-9-15)14-6-4-3-5-7-14/h3-7,15,18H,8-11H2,1-2H3,(H,22,23)(H,20,21,24)/t18-/m0/s1. The molecule has 1 fully saturated rings. The molecule has 1 aliphatic rings. The van der Waals surface area contributed by atoms with E-state index in [1.807, 2.05) is 25.1 Å². The highest BCUT2D eigenvalue weighted by atomic mass is 16.1. The second-order valence-corrected chi connectivity index (χ2v) is 6.51. The molecule has 0 saturated heterocycles. The fourth-order valence-corrected chi connectivity index (χ4v) is 3.09. The van der Waals surface area contributed by atoms with Crippen LogP contribution in [-0.4, -0.2) is 15.9 Å². The van der Waals surface area contributed by atoms with E-state index in [2.05, 4.69) is 27.4 Å². The summed E-state index contributed by atoms with van der Waals surface area (Å²) in [4.78, 5) is 31.4. The Hall–Kier alpha value is -2.43. The summed E-state index contributed by atoms with van der Waals surface area (Å²) in [5, 5.41) is 3.14. The van der Waals surface area contributed by atoms with Gasteiger partial charge in [-0.05, 0) is 44.6 Å². The van der Waals surface area contributed by atoms with E-state index in [1.54, 1.807) is 6.92 Å². The summed E-state index contributed by atoms with van der Waals surface area (Å²) in [5.41, 5.74) is 2.30. The average molecular weight is 325 g/mol. The number of hydrogen-bond acceptors (Lipinski definition) is 3. The van der Waals surface area contributed by atoms with Crippen molar-refractivity contribution < 1.29 is 4.79 Å². The van der Waals surface area contributed by atoms with Gasteiger partial charge in [0.15, 0.2) is 0 Å². The molecule has 126 valence electrons. The van der Waals surface area contributed by atoms with Crippen LogP contribution in [0.25, 0.3) is 0 Å². The number of benzene rings is 1. The van der Waals surface area contributed by atoms with Gasteiger partial charge in [-0.1, -0.05) is 30.3 Å². The van der Waals surface area contributed by atoms with E-state index in [0.717, 1.165) is 18.4 Å². The van der Waals surface area contributed by atoms with Gasteiger partial charge < -0.3 is 10.3 Å². The van der Waals surface area contributed by atoms with Crippen LogP contribution in [0.3, 0.4) is 0 Å². The molecule has 0 spiro atoms. The predicted molar refractivity (Wildman–Crippen MR) is 92.7 cm³/mol. The lowest BCUT2D eigenvalue weighted by atomic mass is 10.0. The number of aryl methyl sites for hydroxylation is 2. The Morgan fingerprint density at radius 1 is 1.29 bits per heavy atom. The van der Waals surface area contributed by atoms with Crippen molar-refractivity contribution in [3.05, 3.63) is 63.3 Å². The van der Waals surface area contributed by atoms with Gasteiger partial charge in [-0.15, -0.1) is 0 Å². The molecule has 1 amide bonds. The van der Waals surface area contributed by atoms with Gasteiger partial charge in [-0.2, -0.15) is 0 Å². The van der Waals surface area contributed by atoms with E-state index in [4.69, 9.17) is 0 Å². The molecule has 2 N–H and O–H groups in total. The molecule has 0 unspecified atom stereocenters. The maximum atomic E-state index is 12.4. The average Bonchev–Trinajstić information content (AvgIpc) is 3.37. The summed E-state index contributed by atoms with van der Waals surface area (Å²) in [6, 6.07) is 10.2. The third-order valence-corrected chi connectivity index (χ3v) is 4.51. The zero-order valence-electron chi connectivity index (χ0n) is 14.1. The first kappa shape index (κ1) is 16.4. The van der Waals surface area contributed by atoms with Crippen molar-refractivity contribution in [2.24, 2.45) is 5.92 Å². The highest BCUT2D eigenvalue weighted by molar-refractivity contribution is 5.76. The fourth-order valence-electron chi connectivity index (χ4n) is 3.09. The van der Waals surface area contributed by atoms with Crippen molar-refractivity contribution in [3.8, 4) is 0 Å². The van der Waals surface area contributed by atoms with Gasteiger partial charge in [-0.3, -0.25) is 9.59 Å². The molecule has 3 rings (SSSR count). The molecule has 24 heavy (non-hydrogen) atoms. The summed E-state index contributed by atoms with van der Waals surface area (Å²) < 4.78 is 0. The van der Waals surface area contributed by atoms with E-state index in [1.165, 1.54) is 0 Å². The van der Waals surface area contributed by atoms with Gasteiger partial charge in [0.25, 0.3) is 5.56 Å². The van der Waals surface area contributed by atoms with E-state index < -0.39 is 0 Å². The molecule has 0 radical (unpaired) electrons. The molecule has 1 saturated carbocycles. The SMILES string of the molecule is Cc1nc(C)c(CCC(=O)N[C@@H](c2ccccc2)C2CC2)c(=O)[nH]1. The third kappa shape index (κ3) is 3.91. The Morgan fingerprint density at radius 2 is 2.00 bits per heavy atom. The molecule has 5 heteroatoms. The summed E-state index contributed by atoms with van der Waals surface area (Å²) in [5.74, 6) is 1.11. The van der Waals surface area contributed by atoms with Crippen molar-refractivity contribution >= 4 is 5.91 Å². The monoisotopic (exact) mass is 325 g/mol. The number of hydrogen-bond donors (Lipinski definition) is 2. The first-order chi connectivity index (χ1) is 11.5. The minimum Gasteiger partial charge on any atom is -0.349 e. The number of nitrogens with one attached hydrogen (secondary N) is 2. The van der Waals surface area contributed by atoms with Crippen LogP contribution in [0.15, 0.2) is 35.1 Å². The van der Waals surface area contributed by atoms with Crippen LogP contribution in [0.5, 0.6) is 0 Å². The Balaban J connectivity index is 1.64. The van der Waals surface area contributed by atoms with Crippen molar-refractivity contribution in [2.45, 2.75) is 45.6 Å². The molecular formula is C19H23N3O2. The van der Waals surface area contributed by atoms with Crippen LogP contribution >= 0.6 is 0 Å². The van der Waals surface area contributed by atoms with Crippen molar-refractivity contribution in [1.82, 2.24) is 15.3 Å². The number of nitrogens with zero attached hydrogens (tertiary/aromatic N) is 1. The van der Waals surface area contributed by atoms with Crippen molar-refractivity contribution in [2.75, 3.05) is 0 Å². The quantitative estimate of drug-likeness (QED) is 0.857. The second-order valence-electron chi connectivity index (χ2n) is 6.51. The van der Waals surface area contributed by atoms with Gasteiger partial charge in [0.05, 0.1) is 6.04 Å². The summed E-state index contributed by atoms with van der Waals surface area (Å²) in [6.45, 7) is 3.57. The van der Waals surface area contributed by atoms with E-state index >= 15 is 0 Å². The first-order valence-electron chi connectivity index (χ1n) is 8.45. The topological polar surface area (TPSA) is 74.8 Å². The number of amides is 1. The van der Waals surface area contributed by atoms with Crippen LogP contribution in [-0.2, 0) is 11.2 Å². The number of aromatic amines is 1. The molecule has 0 aliphatic heterocycles. The van der Waals surface area contributed by atoms with Gasteiger partial charge in [0.2, 0.25) is 5.91 Å². The molecule has 2 aromatic rings. The molecule has 0 bridgehead atoms. The number of H-pyrrole nitrogens is 1. The second kappa shape index (κ2) is 6.99. The van der Waals surface area contributed by atoms with E-state index in [9.17, 15) is 9.59 Å². The van der Waals surface area contributed by atoms with Crippen LogP contribution in [0.1, 0.15) is 47.9 Å². The third-order valence-electron chi connectivity index (χ3n) is 4.51. The number of aromatic nitrogens is 2.